The highest BCUT2D eigenvalue weighted by Crippen LogP contribution is 2.27. The smallest absolute Gasteiger partial charge is 0.229 e. The van der Waals surface area contributed by atoms with Gasteiger partial charge in [0.1, 0.15) is 5.82 Å². The van der Waals surface area contributed by atoms with Gasteiger partial charge in [-0.3, -0.25) is 4.72 Å². The quantitative estimate of drug-likeness (QED) is 0.569. The second-order valence-electron chi connectivity index (χ2n) is 6.45. The Morgan fingerprint density at radius 2 is 1.67 bits per heavy atom. The van der Waals surface area contributed by atoms with Gasteiger partial charge in [0.15, 0.2) is 0 Å². The van der Waals surface area contributed by atoms with Gasteiger partial charge in [-0.05, 0) is 29.8 Å². The summed E-state index contributed by atoms with van der Waals surface area (Å²) in [5.74, 6) is 0.803. The van der Waals surface area contributed by atoms with Gasteiger partial charge in [-0.1, -0.05) is 54.6 Å². The summed E-state index contributed by atoms with van der Waals surface area (Å²) in [6.07, 6.45) is 1.14. The molecule has 0 unspecified atom stereocenters. The van der Waals surface area contributed by atoms with Crippen LogP contribution in [-0.2, 0) is 16.6 Å². The summed E-state index contributed by atoms with van der Waals surface area (Å²) in [6, 6.07) is 25.5. The number of rotatable bonds is 5. The molecule has 0 radical (unpaired) electrons. The standard InChI is InChI=1S/C21H19N3O2S/c1-27(25,26)23-18-11-7-10-17(14-18)21-22-19-12-5-6-13-20(19)24(21)15-16-8-3-2-4-9-16/h2-14,23H,15H2,1H3. The number of nitrogens with zero attached hydrogens (tertiary/aromatic N) is 2. The number of anilines is 1. The van der Waals surface area contributed by atoms with Crippen LogP contribution in [0.15, 0.2) is 78.9 Å². The van der Waals surface area contributed by atoms with Gasteiger partial charge in [0.25, 0.3) is 0 Å². The van der Waals surface area contributed by atoms with Crippen LogP contribution in [-0.4, -0.2) is 24.2 Å². The fourth-order valence-electron chi connectivity index (χ4n) is 3.16. The molecule has 5 nitrogen and oxygen atoms in total. The Bertz CT molecular complexity index is 1200. The number of aromatic nitrogens is 2. The zero-order valence-corrected chi connectivity index (χ0v) is 15.6. The molecule has 1 aromatic heterocycles. The van der Waals surface area contributed by atoms with Crippen LogP contribution in [0, 0.1) is 0 Å². The molecular formula is C21H19N3O2S. The van der Waals surface area contributed by atoms with Gasteiger partial charge in [-0.15, -0.1) is 0 Å². The Balaban J connectivity index is 1.84. The van der Waals surface area contributed by atoms with Crippen molar-refractivity contribution in [3.8, 4) is 11.4 Å². The fraction of sp³-hybridized carbons (Fsp3) is 0.0952. The SMILES string of the molecule is CS(=O)(=O)Nc1cccc(-c2nc3ccccc3n2Cc2ccccc2)c1. The Morgan fingerprint density at radius 3 is 2.44 bits per heavy atom. The summed E-state index contributed by atoms with van der Waals surface area (Å²) in [6.45, 7) is 0.681. The van der Waals surface area contributed by atoms with Crippen molar-refractivity contribution in [2.45, 2.75) is 6.54 Å². The largest absolute Gasteiger partial charge is 0.319 e. The lowest BCUT2D eigenvalue weighted by Gasteiger charge is -2.11. The predicted molar refractivity (Wildman–Crippen MR) is 109 cm³/mol. The van der Waals surface area contributed by atoms with Crippen molar-refractivity contribution >= 4 is 26.7 Å². The van der Waals surface area contributed by atoms with Crippen molar-refractivity contribution in [2.75, 3.05) is 11.0 Å². The van der Waals surface area contributed by atoms with E-state index in [4.69, 9.17) is 4.98 Å². The number of benzene rings is 3. The molecule has 0 aliphatic rings. The molecule has 136 valence electrons. The molecule has 0 aliphatic carbocycles. The van der Waals surface area contributed by atoms with E-state index in [-0.39, 0.29) is 0 Å². The molecule has 27 heavy (non-hydrogen) atoms. The lowest BCUT2D eigenvalue weighted by molar-refractivity contribution is 0.607. The maximum absolute atomic E-state index is 11.6. The van der Waals surface area contributed by atoms with E-state index in [9.17, 15) is 8.42 Å². The third-order valence-electron chi connectivity index (χ3n) is 4.26. The summed E-state index contributed by atoms with van der Waals surface area (Å²) < 4.78 is 27.8. The van der Waals surface area contributed by atoms with E-state index in [1.807, 2.05) is 60.7 Å². The normalized spacial score (nSPS) is 11.6. The van der Waals surface area contributed by atoms with Gasteiger partial charge in [0.05, 0.1) is 17.3 Å². The lowest BCUT2D eigenvalue weighted by atomic mass is 10.1. The van der Waals surface area contributed by atoms with Crippen LogP contribution in [0.3, 0.4) is 0 Å². The van der Waals surface area contributed by atoms with Crippen LogP contribution in [0.25, 0.3) is 22.4 Å². The van der Waals surface area contributed by atoms with E-state index in [1.165, 1.54) is 5.56 Å². The summed E-state index contributed by atoms with van der Waals surface area (Å²) >= 11 is 0. The first-order chi connectivity index (χ1) is 13.0. The minimum atomic E-state index is -3.34. The number of nitrogens with one attached hydrogen (secondary N) is 1. The van der Waals surface area contributed by atoms with E-state index in [0.717, 1.165) is 28.7 Å². The second kappa shape index (κ2) is 6.89. The molecular weight excluding hydrogens is 358 g/mol. The third kappa shape index (κ3) is 3.85. The Labute approximate surface area is 158 Å². The van der Waals surface area contributed by atoms with E-state index in [2.05, 4.69) is 21.4 Å². The van der Waals surface area contributed by atoms with Gasteiger partial charge in [0, 0.05) is 17.8 Å². The molecule has 6 heteroatoms. The molecule has 0 saturated heterocycles. The minimum Gasteiger partial charge on any atom is -0.319 e. The number of imidazole rings is 1. The van der Waals surface area contributed by atoms with Crippen molar-refractivity contribution < 1.29 is 8.42 Å². The van der Waals surface area contributed by atoms with Gasteiger partial charge >= 0.3 is 0 Å². The van der Waals surface area contributed by atoms with Crippen LogP contribution in [0.5, 0.6) is 0 Å². The van der Waals surface area contributed by atoms with Crippen molar-refractivity contribution in [1.82, 2.24) is 9.55 Å². The van der Waals surface area contributed by atoms with E-state index in [0.29, 0.717) is 12.2 Å². The lowest BCUT2D eigenvalue weighted by Crippen LogP contribution is -2.09. The molecule has 0 saturated carbocycles. The number of hydrogen-bond donors (Lipinski definition) is 1. The highest BCUT2D eigenvalue weighted by molar-refractivity contribution is 7.92. The van der Waals surface area contributed by atoms with Crippen molar-refractivity contribution in [3.05, 3.63) is 84.4 Å². The van der Waals surface area contributed by atoms with Crippen LogP contribution in [0.4, 0.5) is 5.69 Å². The van der Waals surface area contributed by atoms with Gasteiger partial charge in [-0.25, -0.2) is 13.4 Å². The third-order valence-corrected chi connectivity index (χ3v) is 4.87. The van der Waals surface area contributed by atoms with E-state index in [1.54, 1.807) is 6.07 Å². The molecule has 0 spiro atoms. The fourth-order valence-corrected chi connectivity index (χ4v) is 3.71. The maximum Gasteiger partial charge on any atom is 0.229 e. The monoisotopic (exact) mass is 377 g/mol. The first kappa shape index (κ1) is 17.3. The van der Waals surface area contributed by atoms with E-state index >= 15 is 0 Å². The summed E-state index contributed by atoms with van der Waals surface area (Å²) in [5.41, 5.74) is 4.50. The highest BCUT2D eigenvalue weighted by atomic mass is 32.2. The second-order valence-corrected chi connectivity index (χ2v) is 8.20. The average Bonchev–Trinajstić information content (AvgIpc) is 3.00. The van der Waals surface area contributed by atoms with Crippen LogP contribution >= 0.6 is 0 Å². The molecule has 0 fully saturated rings. The minimum absolute atomic E-state index is 0.522. The Hall–Kier alpha value is -3.12. The van der Waals surface area contributed by atoms with Gasteiger partial charge < -0.3 is 4.57 Å². The highest BCUT2D eigenvalue weighted by Gasteiger charge is 2.14. The Kier molecular flexibility index (Phi) is 4.41. The molecule has 4 rings (SSSR count). The molecule has 0 aliphatic heterocycles. The molecule has 0 atom stereocenters. The molecule has 1 heterocycles. The number of sulfonamides is 1. The number of hydrogen-bond acceptors (Lipinski definition) is 3. The number of fused-ring (bicyclic) bond motifs is 1. The van der Waals surface area contributed by atoms with Crippen LogP contribution < -0.4 is 4.72 Å². The zero-order chi connectivity index (χ0) is 18.9. The van der Waals surface area contributed by atoms with Crippen molar-refractivity contribution in [3.63, 3.8) is 0 Å². The summed E-state index contributed by atoms with van der Waals surface area (Å²) in [5, 5.41) is 0. The average molecular weight is 377 g/mol. The van der Waals surface area contributed by atoms with Crippen molar-refractivity contribution in [2.24, 2.45) is 0 Å². The molecule has 3 aromatic carbocycles. The Morgan fingerprint density at radius 1 is 0.926 bits per heavy atom. The molecule has 4 aromatic rings. The topological polar surface area (TPSA) is 64.0 Å². The van der Waals surface area contributed by atoms with Gasteiger partial charge in [-0.2, -0.15) is 0 Å². The number of para-hydroxylation sites is 2. The molecule has 0 bridgehead atoms. The molecule has 1 N–H and O–H groups in total. The summed E-state index contributed by atoms with van der Waals surface area (Å²) in [4.78, 5) is 4.80. The maximum atomic E-state index is 11.6. The van der Waals surface area contributed by atoms with E-state index < -0.39 is 10.0 Å². The first-order valence-corrected chi connectivity index (χ1v) is 10.5. The van der Waals surface area contributed by atoms with Crippen LogP contribution in [0.1, 0.15) is 5.56 Å². The zero-order valence-electron chi connectivity index (χ0n) is 14.8. The first-order valence-electron chi connectivity index (χ1n) is 8.57. The predicted octanol–water partition coefficient (Wildman–Crippen LogP) is 4.12. The summed E-state index contributed by atoms with van der Waals surface area (Å²) in [7, 11) is -3.34. The molecule has 0 amide bonds. The van der Waals surface area contributed by atoms with Crippen molar-refractivity contribution in [1.29, 1.82) is 0 Å². The van der Waals surface area contributed by atoms with Gasteiger partial charge in [0.2, 0.25) is 10.0 Å². The van der Waals surface area contributed by atoms with Crippen LogP contribution in [0.2, 0.25) is 0 Å².